The molecule has 1 atom stereocenters. The standard InChI is InChI=1S/C29H25ClN4O3/c1-3-37-28(35)23-18(2)31-27-25(24(23)19-10-6-4-7-11-19)26(32-21-16-14-20(30)15-17-21)33-29(36)34(27)22-12-8-5-9-13-22/h4-17,24,31H,3H2,1-2H3,(H,32,33,36). The predicted octanol–water partition coefficient (Wildman–Crippen LogP) is 6.02. The number of aromatic nitrogens is 2. The molecular formula is C29H25ClN4O3. The zero-order valence-corrected chi connectivity index (χ0v) is 21.1. The summed E-state index contributed by atoms with van der Waals surface area (Å²) >= 11 is 6.08. The lowest BCUT2D eigenvalue weighted by molar-refractivity contribution is -0.138. The molecule has 0 aliphatic carbocycles. The van der Waals surface area contributed by atoms with E-state index in [1.165, 1.54) is 4.57 Å². The monoisotopic (exact) mass is 512 g/mol. The highest BCUT2D eigenvalue weighted by Gasteiger charge is 2.37. The van der Waals surface area contributed by atoms with Crippen molar-refractivity contribution in [3.63, 3.8) is 0 Å². The molecule has 0 fully saturated rings. The van der Waals surface area contributed by atoms with Gasteiger partial charge in [0.2, 0.25) is 0 Å². The van der Waals surface area contributed by atoms with E-state index in [1.807, 2.05) is 67.6 Å². The summed E-state index contributed by atoms with van der Waals surface area (Å²) in [6, 6.07) is 26.1. The summed E-state index contributed by atoms with van der Waals surface area (Å²) in [4.78, 5) is 31.2. The molecule has 5 rings (SSSR count). The van der Waals surface area contributed by atoms with Crippen molar-refractivity contribution < 1.29 is 9.53 Å². The van der Waals surface area contributed by atoms with Gasteiger partial charge in [0.25, 0.3) is 0 Å². The largest absolute Gasteiger partial charge is 0.463 e. The predicted molar refractivity (Wildman–Crippen MR) is 146 cm³/mol. The lowest BCUT2D eigenvalue weighted by Gasteiger charge is -2.33. The summed E-state index contributed by atoms with van der Waals surface area (Å²) in [5, 5.41) is 7.21. The highest BCUT2D eigenvalue weighted by molar-refractivity contribution is 6.30. The molecule has 0 radical (unpaired) electrons. The van der Waals surface area contributed by atoms with Crippen molar-refractivity contribution in [2.75, 3.05) is 17.2 Å². The summed E-state index contributed by atoms with van der Waals surface area (Å²) in [6.07, 6.45) is 0. The fourth-order valence-corrected chi connectivity index (χ4v) is 4.70. The molecule has 7 nitrogen and oxygen atoms in total. The Kier molecular flexibility index (Phi) is 6.79. The molecule has 0 spiro atoms. The molecule has 1 aliphatic rings. The molecule has 0 bridgehead atoms. The number of carbonyl (C=O) groups excluding carboxylic acids is 1. The minimum absolute atomic E-state index is 0.238. The molecule has 37 heavy (non-hydrogen) atoms. The summed E-state index contributed by atoms with van der Waals surface area (Å²) in [5.41, 5.74) is 3.47. The Morgan fingerprint density at radius 2 is 1.68 bits per heavy atom. The van der Waals surface area contributed by atoms with Gasteiger partial charge in [-0.3, -0.25) is 0 Å². The van der Waals surface area contributed by atoms with Crippen molar-refractivity contribution in [3.8, 4) is 5.69 Å². The second-order valence-electron chi connectivity index (χ2n) is 8.54. The molecule has 1 unspecified atom stereocenters. The first kappa shape index (κ1) is 24.3. The number of para-hydroxylation sites is 1. The van der Waals surface area contributed by atoms with Gasteiger partial charge in [-0.2, -0.15) is 4.98 Å². The number of nitrogens with one attached hydrogen (secondary N) is 2. The van der Waals surface area contributed by atoms with Crippen LogP contribution in [0.4, 0.5) is 17.3 Å². The maximum Gasteiger partial charge on any atom is 0.355 e. The van der Waals surface area contributed by atoms with E-state index in [1.54, 1.807) is 31.2 Å². The molecule has 1 aliphatic heterocycles. The number of nitrogens with zero attached hydrogens (tertiary/aromatic N) is 2. The number of hydrogen-bond donors (Lipinski definition) is 2. The second-order valence-corrected chi connectivity index (χ2v) is 8.97. The number of carbonyl (C=O) groups is 1. The lowest BCUT2D eigenvalue weighted by atomic mass is 9.81. The van der Waals surface area contributed by atoms with Crippen LogP contribution in [0.1, 0.15) is 30.9 Å². The van der Waals surface area contributed by atoms with Gasteiger partial charge in [-0.25, -0.2) is 14.2 Å². The number of anilines is 3. The van der Waals surface area contributed by atoms with E-state index in [2.05, 4.69) is 15.6 Å². The second kappa shape index (κ2) is 10.3. The van der Waals surface area contributed by atoms with Crippen LogP contribution in [0.25, 0.3) is 5.69 Å². The minimum atomic E-state index is -0.547. The lowest BCUT2D eigenvalue weighted by Crippen LogP contribution is -2.33. The first-order valence-corrected chi connectivity index (χ1v) is 12.3. The number of hydrogen-bond acceptors (Lipinski definition) is 6. The maximum absolute atomic E-state index is 13.5. The van der Waals surface area contributed by atoms with Gasteiger partial charge in [-0.15, -0.1) is 0 Å². The molecule has 4 aromatic rings. The van der Waals surface area contributed by atoms with Crippen LogP contribution in [-0.2, 0) is 9.53 Å². The zero-order valence-electron chi connectivity index (χ0n) is 20.4. The number of ether oxygens (including phenoxy) is 1. The first-order valence-electron chi connectivity index (χ1n) is 11.9. The Balaban J connectivity index is 1.81. The molecular weight excluding hydrogens is 488 g/mol. The van der Waals surface area contributed by atoms with Gasteiger partial charge in [-0.05, 0) is 55.8 Å². The SMILES string of the molecule is CCOC(=O)C1=C(C)Nc2c(c(Nc3ccc(Cl)cc3)nc(=O)n2-c2ccccc2)C1c1ccccc1. The van der Waals surface area contributed by atoms with Crippen LogP contribution in [0.2, 0.25) is 5.02 Å². The van der Waals surface area contributed by atoms with Crippen molar-refractivity contribution in [2.45, 2.75) is 19.8 Å². The van der Waals surface area contributed by atoms with Crippen LogP contribution in [-0.4, -0.2) is 22.1 Å². The van der Waals surface area contributed by atoms with Crippen molar-refractivity contribution in [1.82, 2.24) is 9.55 Å². The van der Waals surface area contributed by atoms with Crippen LogP contribution in [0.5, 0.6) is 0 Å². The molecule has 186 valence electrons. The fourth-order valence-electron chi connectivity index (χ4n) is 4.58. The number of rotatable bonds is 6. The molecule has 0 amide bonds. The van der Waals surface area contributed by atoms with E-state index >= 15 is 0 Å². The molecule has 2 N–H and O–H groups in total. The quantitative estimate of drug-likeness (QED) is 0.307. The topological polar surface area (TPSA) is 85.2 Å². The van der Waals surface area contributed by atoms with E-state index in [9.17, 15) is 9.59 Å². The number of fused-ring (bicyclic) bond motifs is 1. The first-order chi connectivity index (χ1) is 18.0. The number of benzene rings is 3. The van der Waals surface area contributed by atoms with E-state index in [0.29, 0.717) is 44.9 Å². The third-order valence-corrected chi connectivity index (χ3v) is 6.42. The van der Waals surface area contributed by atoms with Gasteiger partial charge in [0.05, 0.1) is 23.8 Å². The summed E-state index contributed by atoms with van der Waals surface area (Å²) in [5.74, 6) is -0.108. The average molecular weight is 513 g/mol. The Labute approximate surface area is 219 Å². The number of esters is 1. The van der Waals surface area contributed by atoms with Crippen LogP contribution < -0.4 is 16.3 Å². The van der Waals surface area contributed by atoms with Gasteiger partial charge in [0.1, 0.15) is 11.6 Å². The van der Waals surface area contributed by atoms with Crippen LogP contribution in [0.15, 0.2) is 101 Å². The molecule has 0 saturated carbocycles. The minimum Gasteiger partial charge on any atom is -0.463 e. The van der Waals surface area contributed by atoms with Crippen LogP contribution >= 0.6 is 11.6 Å². The van der Waals surface area contributed by atoms with E-state index in [4.69, 9.17) is 16.3 Å². The summed E-state index contributed by atoms with van der Waals surface area (Å²) < 4.78 is 7.00. The molecule has 8 heteroatoms. The van der Waals surface area contributed by atoms with E-state index < -0.39 is 17.6 Å². The maximum atomic E-state index is 13.5. The van der Waals surface area contributed by atoms with Crippen LogP contribution in [0, 0.1) is 0 Å². The molecule has 3 aromatic carbocycles. The van der Waals surface area contributed by atoms with Crippen molar-refractivity contribution in [2.24, 2.45) is 0 Å². The van der Waals surface area contributed by atoms with Gasteiger partial charge >= 0.3 is 11.7 Å². The number of halogens is 1. The normalized spacial score (nSPS) is 14.5. The van der Waals surface area contributed by atoms with Gasteiger partial charge in [0, 0.05) is 22.0 Å². The van der Waals surface area contributed by atoms with Crippen molar-refractivity contribution in [3.05, 3.63) is 123 Å². The zero-order chi connectivity index (χ0) is 25.9. The van der Waals surface area contributed by atoms with Gasteiger partial charge < -0.3 is 15.4 Å². The van der Waals surface area contributed by atoms with Gasteiger partial charge in [0.15, 0.2) is 0 Å². The number of allylic oxidation sites excluding steroid dienone is 1. The van der Waals surface area contributed by atoms with E-state index in [-0.39, 0.29) is 6.61 Å². The Morgan fingerprint density at radius 1 is 1.03 bits per heavy atom. The highest BCUT2D eigenvalue weighted by atomic mass is 35.5. The van der Waals surface area contributed by atoms with E-state index in [0.717, 1.165) is 5.56 Å². The summed E-state index contributed by atoms with van der Waals surface area (Å²) in [6.45, 7) is 3.83. The fraction of sp³-hybridized carbons (Fsp3) is 0.138. The third-order valence-electron chi connectivity index (χ3n) is 6.17. The average Bonchev–Trinajstić information content (AvgIpc) is 2.90. The highest BCUT2D eigenvalue weighted by Crippen LogP contribution is 2.45. The van der Waals surface area contributed by atoms with Crippen molar-refractivity contribution >= 4 is 34.9 Å². The molecule has 0 saturated heterocycles. The Bertz CT molecular complexity index is 1530. The van der Waals surface area contributed by atoms with Crippen LogP contribution in [0.3, 0.4) is 0 Å². The molecule has 2 heterocycles. The smallest absolute Gasteiger partial charge is 0.355 e. The molecule has 1 aromatic heterocycles. The van der Waals surface area contributed by atoms with Gasteiger partial charge in [-0.1, -0.05) is 60.1 Å². The Morgan fingerprint density at radius 3 is 2.32 bits per heavy atom. The van der Waals surface area contributed by atoms with Crippen molar-refractivity contribution in [1.29, 1.82) is 0 Å². The Hall–Kier alpha value is -4.36. The summed E-state index contributed by atoms with van der Waals surface area (Å²) in [7, 11) is 0. The third kappa shape index (κ3) is 4.73.